The number of nitrogens with zero attached hydrogens (tertiary/aromatic N) is 1. The highest BCUT2D eigenvalue weighted by Gasteiger charge is 2.29. The van der Waals surface area contributed by atoms with Gasteiger partial charge in [-0.3, -0.25) is 14.5 Å². The van der Waals surface area contributed by atoms with Gasteiger partial charge in [0.2, 0.25) is 0 Å². The van der Waals surface area contributed by atoms with Crippen molar-refractivity contribution in [1.29, 1.82) is 0 Å². The molecule has 1 aliphatic heterocycles. The number of phenolic OH excluding ortho intramolecular Hbond substituents is 2. The molecular formula is C45H56N4O9. The van der Waals surface area contributed by atoms with Crippen LogP contribution in [0.4, 0.5) is 16.2 Å². The van der Waals surface area contributed by atoms with E-state index in [1.165, 1.54) is 25.9 Å². The predicted molar refractivity (Wildman–Crippen MR) is 225 cm³/mol. The Labute approximate surface area is 340 Å². The van der Waals surface area contributed by atoms with Crippen LogP contribution in [0.25, 0.3) is 6.08 Å². The van der Waals surface area contributed by atoms with Crippen molar-refractivity contribution < 1.29 is 43.9 Å². The summed E-state index contributed by atoms with van der Waals surface area (Å²) in [5.74, 6) is -2.47. The zero-order valence-corrected chi connectivity index (χ0v) is 34.2. The van der Waals surface area contributed by atoms with Crippen LogP contribution in [0.1, 0.15) is 68.1 Å². The summed E-state index contributed by atoms with van der Waals surface area (Å²) in [5.41, 5.74) is 9.14. The van der Waals surface area contributed by atoms with Crippen molar-refractivity contribution in [1.82, 2.24) is 4.90 Å². The molecule has 1 aliphatic rings. The molecule has 0 fully saturated rings. The summed E-state index contributed by atoms with van der Waals surface area (Å²) in [6, 6.07) is 18.5. The van der Waals surface area contributed by atoms with Crippen LogP contribution < -0.4 is 16.4 Å². The largest absolute Gasteiger partial charge is 0.506 e. The lowest BCUT2D eigenvalue weighted by Crippen LogP contribution is -2.36. The van der Waals surface area contributed by atoms with E-state index in [1.807, 2.05) is 30.3 Å². The Hall–Kier alpha value is -5.73. The highest BCUT2D eigenvalue weighted by molar-refractivity contribution is 6.09. The number of allylic oxidation sites excluding steroid dienone is 2. The third kappa shape index (κ3) is 12.1. The second-order valence-electron chi connectivity index (χ2n) is 14.5. The number of aliphatic hydroxyl groups excluding tert-OH is 1. The normalized spacial score (nSPS) is 20.7. The van der Waals surface area contributed by atoms with Crippen molar-refractivity contribution in [3.63, 3.8) is 0 Å². The van der Waals surface area contributed by atoms with E-state index in [-0.39, 0.29) is 28.9 Å². The summed E-state index contributed by atoms with van der Waals surface area (Å²) in [4.78, 5) is 41.2. The van der Waals surface area contributed by atoms with Crippen LogP contribution in [0.2, 0.25) is 0 Å². The van der Waals surface area contributed by atoms with Crippen LogP contribution in [0, 0.1) is 5.92 Å². The molecule has 0 radical (unpaired) electrons. The van der Waals surface area contributed by atoms with Gasteiger partial charge in [0.25, 0.3) is 11.8 Å². The third-order valence-corrected chi connectivity index (χ3v) is 10.1. The van der Waals surface area contributed by atoms with E-state index >= 15 is 0 Å². The maximum Gasteiger partial charge on any atom is 0.405 e. The number of carbonyl (C=O) groups is 3. The molecule has 7 N–H and O–H groups in total. The first kappa shape index (κ1) is 45.0. The number of nitrogens with one attached hydrogen (secondary N) is 2. The van der Waals surface area contributed by atoms with Gasteiger partial charge in [0.05, 0.1) is 23.6 Å². The lowest BCUT2D eigenvalue weighted by molar-refractivity contribution is -0.112. The lowest BCUT2D eigenvalue weighted by Gasteiger charge is -2.28. The Morgan fingerprint density at radius 3 is 2.24 bits per heavy atom. The van der Waals surface area contributed by atoms with Crippen LogP contribution in [-0.2, 0) is 32.1 Å². The second-order valence-corrected chi connectivity index (χ2v) is 14.5. The van der Waals surface area contributed by atoms with Gasteiger partial charge in [0.15, 0.2) is 6.10 Å². The van der Waals surface area contributed by atoms with Gasteiger partial charge in [-0.2, -0.15) is 0 Å². The van der Waals surface area contributed by atoms with Gasteiger partial charge >= 0.3 is 6.09 Å². The molecule has 3 aromatic carbocycles. The van der Waals surface area contributed by atoms with Gasteiger partial charge in [-0.15, -0.1) is 0 Å². The molecule has 5 atom stereocenters. The molecule has 58 heavy (non-hydrogen) atoms. The fourth-order valence-corrected chi connectivity index (χ4v) is 6.74. The number of aromatic hydroxyl groups is 2. The van der Waals surface area contributed by atoms with E-state index in [9.17, 15) is 29.7 Å². The van der Waals surface area contributed by atoms with Crippen molar-refractivity contribution in [3.8, 4) is 11.5 Å². The number of aliphatic hydroxyl groups is 1. The Morgan fingerprint density at radius 1 is 0.983 bits per heavy atom. The molecule has 1 heterocycles. The van der Waals surface area contributed by atoms with Gasteiger partial charge < -0.3 is 45.9 Å². The Kier molecular flexibility index (Phi) is 16.4. The van der Waals surface area contributed by atoms with Crippen LogP contribution >= 0.6 is 0 Å². The number of primary amides is 1. The van der Waals surface area contributed by atoms with E-state index in [1.54, 1.807) is 64.1 Å². The molecule has 0 saturated carbocycles. The molecule has 2 bridgehead atoms. The number of anilines is 2. The van der Waals surface area contributed by atoms with Crippen molar-refractivity contribution in [2.75, 3.05) is 31.4 Å². The van der Waals surface area contributed by atoms with Crippen molar-refractivity contribution >= 4 is 35.4 Å². The number of nitrogens with two attached hydrogens (primary N) is 1. The smallest absolute Gasteiger partial charge is 0.405 e. The number of hydrogen-bond acceptors (Lipinski definition) is 10. The van der Waals surface area contributed by atoms with E-state index < -0.39 is 59.7 Å². The number of hydrogen-bond donors (Lipinski definition) is 6. The SMILES string of the molecule is CCN(Cc1ccccc1)Cc1ccc(C(=O)Nc2c(O)cc3c(O)c2C=C(C)CC(OC)C(O)C(C)C=C(C)C(OC(N)=O)C(OC)C=CC=C(C)C(=O)N3)cc1. The zero-order valence-electron chi connectivity index (χ0n) is 34.2. The first-order chi connectivity index (χ1) is 27.6. The number of carbonyl (C=O) groups excluding carboxylic acids is 3. The van der Waals surface area contributed by atoms with E-state index in [4.69, 9.17) is 19.9 Å². The third-order valence-electron chi connectivity index (χ3n) is 10.1. The maximum atomic E-state index is 13.7. The lowest BCUT2D eigenvalue weighted by atomic mass is 9.91. The zero-order chi connectivity index (χ0) is 42.5. The summed E-state index contributed by atoms with van der Waals surface area (Å²) in [5, 5.41) is 39.8. The Bertz CT molecular complexity index is 2030. The van der Waals surface area contributed by atoms with Crippen LogP contribution in [-0.4, -0.2) is 83.3 Å². The fraction of sp³-hybridized carbons (Fsp3) is 0.356. The van der Waals surface area contributed by atoms with Crippen molar-refractivity contribution in [2.24, 2.45) is 11.7 Å². The van der Waals surface area contributed by atoms with E-state index in [0.717, 1.165) is 24.7 Å². The minimum absolute atomic E-state index is 0.0271. The second kappa shape index (κ2) is 21.1. The molecule has 13 heteroatoms. The van der Waals surface area contributed by atoms with Crippen molar-refractivity contribution in [3.05, 3.63) is 124 Å². The van der Waals surface area contributed by atoms with E-state index in [0.29, 0.717) is 23.3 Å². The van der Waals surface area contributed by atoms with Gasteiger partial charge in [-0.1, -0.05) is 86.2 Å². The standard InChI is InChI=1S/C45H56N4O9/c1-8-49(25-31-14-10-9-11-15-31)26-32-17-19-33(20-18-32)44(54)48-39-34-21-27(2)22-38(57-7)40(51)29(4)23-30(5)42(58-45(46)55)37(56-6)16-12-13-28(3)43(53)47-35(41(34)52)24-36(39)50/h9-21,23-24,29,37-38,40,42,50-52H,8,22,25-26H2,1-7H3,(H2,46,55)(H,47,53)(H,48,54). The number of rotatable bonds is 10. The summed E-state index contributed by atoms with van der Waals surface area (Å²) in [6.07, 6.45) is 3.48. The molecule has 0 saturated heterocycles. The molecule has 0 aliphatic carbocycles. The number of ether oxygens (including phenoxy) is 3. The topological polar surface area (TPSA) is 193 Å². The number of benzene rings is 3. The Morgan fingerprint density at radius 2 is 1.64 bits per heavy atom. The molecular weight excluding hydrogens is 741 g/mol. The maximum absolute atomic E-state index is 13.7. The van der Waals surface area contributed by atoms with Gasteiger partial charge in [-0.25, -0.2) is 4.79 Å². The van der Waals surface area contributed by atoms with Crippen LogP contribution in [0.5, 0.6) is 11.5 Å². The summed E-state index contributed by atoms with van der Waals surface area (Å²) < 4.78 is 16.7. The fourth-order valence-electron chi connectivity index (χ4n) is 6.74. The minimum Gasteiger partial charge on any atom is -0.506 e. The molecule has 3 aromatic rings. The molecule has 0 spiro atoms. The summed E-state index contributed by atoms with van der Waals surface area (Å²) in [6.45, 7) is 11.2. The number of methoxy groups -OCH3 is 2. The van der Waals surface area contributed by atoms with Gasteiger partial charge in [-0.05, 0) is 68.6 Å². The van der Waals surface area contributed by atoms with E-state index in [2.05, 4.69) is 34.6 Å². The highest BCUT2D eigenvalue weighted by atomic mass is 16.6. The highest BCUT2D eigenvalue weighted by Crippen LogP contribution is 2.43. The molecule has 310 valence electrons. The quantitative estimate of drug-likeness (QED) is 0.0703. The number of fused-ring (bicyclic) bond motifs is 2. The molecule has 3 amide bonds. The van der Waals surface area contributed by atoms with Crippen molar-refractivity contribution in [2.45, 2.75) is 78.5 Å². The van der Waals surface area contributed by atoms with Crippen LogP contribution in [0.15, 0.2) is 102 Å². The average molecular weight is 797 g/mol. The summed E-state index contributed by atoms with van der Waals surface area (Å²) >= 11 is 0. The molecule has 13 nitrogen and oxygen atoms in total. The van der Waals surface area contributed by atoms with Crippen LogP contribution in [0.3, 0.4) is 0 Å². The molecule has 4 rings (SSSR count). The Balaban J connectivity index is 1.71. The predicted octanol–water partition coefficient (Wildman–Crippen LogP) is 7.06. The first-order valence-corrected chi connectivity index (χ1v) is 19.1. The minimum atomic E-state index is -1.06. The average Bonchev–Trinajstić information content (AvgIpc) is 3.20. The first-order valence-electron chi connectivity index (χ1n) is 19.1. The van der Waals surface area contributed by atoms with Gasteiger partial charge in [0.1, 0.15) is 17.6 Å². The molecule has 0 aromatic heterocycles. The monoisotopic (exact) mass is 796 g/mol. The summed E-state index contributed by atoms with van der Waals surface area (Å²) in [7, 11) is 2.88. The molecule has 5 unspecified atom stereocenters. The van der Waals surface area contributed by atoms with Gasteiger partial charge in [0, 0.05) is 56.0 Å². The number of amides is 3. The number of phenols is 2.